The third-order valence-corrected chi connectivity index (χ3v) is 4.85. The lowest BCUT2D eigenvalue weighted by Gasteiger charge is -2.17. The highest BCUT2D eigenvalue weighted by atomic mass is 32.2. The van der Waals surface area contributed by atoms with Gasteiger partial charge in [0.25, 0.3) is 0 Å². The molecule has 2 heteroatoms. The first kappa shape index (κ1) is 16.6. The van der Waals surface area contributed by atoms with Gasteiger partial charge < -0.3 is 5.32 Å². The van der Waals surface area contributed by atoms with Crippen LogP contribution in [0.5, 0.6) is 0 Å². The van der Waals surface area contributed by atoms with Gasteiger partial charge in [-0.15, -0.1) is 0 Å². The van der Waals surface area contributed by atoms with E-state index < -0.39 is 0 Å². The number of likely N-dealkylation sites (N-methyl/N-ethyl adjacent to an activating group) is 1. The first-order valence-electron chi connectivity index (χ1n) is 7.36. The van der Waals surface area contributed by atoms with E-state index in [1.54, 1.807) is 0 Å². The van der Waals surface area contributed by atoms with E-state index in [0.717, 1.165) is 12.3 Å². The second-order valence-electron chi connectivity index (χ2n) is 6.02. The lowest BCUT2D eigenvalue weighted by Crippen LogP contribution is -2.30. The molecule has 0 radical (unpaired) electrons. The van der Waals surface area contributed by atoms with Crippen molar-refractivity contribution in [2.45, 2.75) is 46.1 Å². The van der Waals surface area contributed by atoms with E-state index in [9.17, 15) is 0 Å². The zero-order valence-corrected chi connectivity index (χ0v) is 13.9. The third-order valence-electron chi connectivity index (χ3n) is 3.31. The van der Waals surface area contributed by atoms with Crippen molar-refractivity contribution in [1.29, 1.82) is 0 Å². The zero-order chi connectivity index (χ0) is 14.3. The monoisotopic (exact) mass is 279 g/mol. The summed E-state index contributed by atoms with van der Waals surface area (Å²) in [4.78, 5) is 0. The van der Waals surface area contributed by atoms with Gasteiger partial charge >= 0.3 is 0 Å². The number of rotatable bonds is 8. The molecule has 19 heavy (non-hydrogen) atoms. The Morgan fingerprint density at radius 2 is 1.63 bits per heavy atom. The summed E-state index contributed by atoms with van der Waals surface area (Å²) in [5, 5.41) is 3.44. The summed E-state index contributed by atoms with van der Waals surface area (Å²) in [5.41, 5.74) is 2.87. The van der Waals surface area contributed by atoms with E-state index in [0.29, 0.717) is 12.0 Å². The van der Waals surface area contributed by atoms with Crippen molar-refractivity contribution in [3.8, 4) is 0 Å². The highest BCUT2D eigenvalue weighted by Crippen LogP contribution is 2.17. The van der Waals surface area contributed by atoms with E-state index >= 15 is 0 Å². The van der Waals surface area contributed by atoms with Crippen molar-refractivity contribution in [1.82, 2.24) is 5.32 Å². The molecule has 0 fully saturated rings. The van der Waals surface area contributed by atoms with E-state index in [2.05, 4.69) is 76.1 Å². The number of benzene rings is 1. The van der Waals surface area contributed by atoms with Crippen LogP contribution in [0.2, 0.25) is 0 Å². The Labute approximate surface area is 123 Å². The van der Waals surface area contributed by atoms with Gasteiger partial charge in [0.05, 0.1) is 0 Å². The number of nitrogens with one attached hydrogen (secondary N) is 1. The number of hydrogen-bond acceptors (Lipinski definition) is 2. The molecule has 1 rings (SSSR count). The molecule has 108 valence electrons. The SMILES string of the molecule is CNC(CSCC(C)C)Cc1ccc(C(C)C)cc1. The van der Waals surface area contributed by atoms with Crippen LogP contribution in [0.4, 0.5) is 0 Å². The van der Waals surface area contributed by atoms with Crippen LogP contribution in [0.15, 0.2) is 24.3 Å². The van der Waals surface area contributed by atoms with Crippen molar-refractivity contribution in [2.75, 3.05) is 18.6 Å². The minimum Gasteiger partial charge on any atom is -0.316 e. The fourth-order valence-electron chi connectivity index (χ4n) is 2.01. The zero-order valence-electron chi connectivity index (χ0n) is 13.1. The molecule has 1 nitrogen and oxygen atoms in total. The summed E-state index contributed by atoms with van der Waals surface area (Å²) in [6.07, 6.45) is 1.12. The average Bonchev–Trinajstić information content (AvgIpc) is 2.37. The van der Waals surface area contributed by atoms with Gasteiger partial charge in [-0.2, -0.15) is 11.8 Å². The van der Waals surface area contributed by atoms with Crippen LogP contribution in [-0.4, -0.2) is 24.6 Å². The van der Waals surface area contributed by atoms with Crippen molar-refractivity contribution in [3.05, 3.63) is 35.4 Å². The first-order chi connectivity index (χ1) is 9.02. The fourth-order valence-corrected chi connectivity index (χ4v) is 3.19. The fraction of sp³-hybridized carbons (Fsp3) is 0.647. The predicted octanol–water partition coefficient (Wildman–Crippen LogP) is 4.33. The summed E-state index contributed by atoms with van der Waals surface area (Å²) in [6.45, 7) is 9.06. The number of thioether (sulfide) groups is 1. The van der Waals surface area contributed by atoms with Crippen molar-refractivity contribution in [2.24, 2.45) is 5.92 Å². The van der Waals surface area contributed by atoms with Crippen LogP contribution in [0, 0.1) is 5.92 Å². The minimum absolute atomic E-state index is 0.577. The third kappa shape index (κ3) is 6.49. The molecule has 1 atom stereocenters. The molecule has 1 unspecified atom stereocenters. The molecule has 1 aromatic rings. The lowest BCUT2D eigenvalue weighted by molar-refractivity contribution is 0.615. The minimum atomic E-state index is 0.577. The van der Waals surface area contributed by atoms with Crippen LogP contribution in [0.1, 0.15) is 44.7 Å². The largest absolute Gasteiger partial charge is 0.316 e. The summed E-state index contributed by atoms with van der Waals surface area (Å²) in [6, 6.07) is 9.69. The maximum absolute atomic E-state index is 3.44. The summed E-state index contributed by atoms with van der Waals surface area (Å²) in [5.74, 6) is 3.86. The molecule has 0 amide bonds. The van der Waals surface area contributed by atoms with Crippen molar-refractivity contribution in [3.63, 3.8) is 0 Å². The topological polar surface area (TPSA) is 12.0 Å². The molecule has 1 N–H and O–H groups in total. The maximum atomic E-state index is 3.44. The molecule has 0 aliphatic heterocycles. The van der Waals surface area contributed by atoms with Crippen LogP contribution in [0.3, 0.4) is 0 Å². The molecule has 0 spiro atoms. The first-order valence-corrected chi connectivity index (χ1v) is 8.52. The second-order valence-corrected chi connectivity index (χ2v) is 7.09. The molecule has 0 aromatic heterocycles. The van der Waals surface area contributed by atoms with E-state index in [-0.39, 0.29) is 0 Å². The Morgan fingerprint density at radius 3 is 2.11 bits per heavy atom. The molecule has 0 heterocycles. The Morgan fingerprint density at radius 1 is 1.00 bits per heavy atom. The molecular weight excluding hydrogens is 250 g/mol. The Bertz CT molecular complexity index is 343. The van der Waals surface area contributed by atoms with Crippen LogP contribution in [0.25, 0.3) is 0 Å². The average molecular weight is 279 g/mol. The molecule has 0 saturated heterocycles. The highest BCUT2D eigenvalue weighted by molar-refractivity contribution is 7.99. The molecule has 1 aromatic carbocycles. The van der Waals surface area contributed by atoms with Gasteiger partial charge in [-0.3, -0.25) is 0 Å². The molecule has 0 saturated carbocycles. The quantitative estimate of drug-likeness (QED) is 0.760. The second kappa shape index (κ2) is 8.65. The number of hydrogen-bond donors (Lipinski definition) is 1. The van der Waals surface area contributed by atoms with E-state index in [4.69, 9.17) is 0 Å². The molecule has 0 aliphatic rings. The highest BCUT2D eigenvalue weighted by Gasteiger charge is 2.08. The van der Waals surface area contributed by atoms with Crippen LogP contribution >= 0.6 is 11.8 Å². The van der Waals surface area contributed by atoms with Gasteiger partial charge in [0.2, 0.25) is 0 Å². The molecule has 0 bridgehead atoms. The van der Waals surface area contributed by atoms with Gasteiger partial charge in [-0.25, -0.2) is 0 Å². The van der Waals surface area contributed by atoms with Gasteiger partial charge in [0.1, 0.15) is 0 Å². The van der Waals surface area contributed by atoms with Crippen LogP contribution < -0.4 is 5.32 Å². The molecule has 0 aliphatic carbocycles. The maximum Gasteiger partial charge on any atom is 0.0195 e. The van der Waals surface area contributed by atoms with Gasteiger partial charge in [-0.1, -0.05) is 52.0 Å². The van der Waals surface area contributed by atoms with Gasteiger partial charge in [0.15, 0.2) is 0 Å². The Kier molecular flexibility index (Phi) is 7.55. The van der Waals surface area contributed by atoms with Crippen LogP contribution in [-0.2, 0) is 6.42 Å². The standard InChI is InChI=1S/C17H29NS/c1-13(2)11-19-12-17(18-5)10-15-6-8-16(9-7-15)14(3)4/h6-9,13-14,17-18H,10-12H2,1-5H3. The smallest absolute Gasteiger partial charge is 0.0195 e. The van der Waals surface area contributed by atoms with Crippen molar-refractivity contribution < 1.29 is 0 Å². The Hall–Kier alpha value is -0.470. The summed E-state index contributed by atoms with van der Waals surface area (Å²) in [7, 11) is 2.07. The van der Waals surface area contributed by atoms with E-state index in [1.807, 2.05) is 0 Å². The summed E-state index contributed by atoms with van der Waals surface area (Å²) < 4.78 is 0. The van der Waals surface area contributed by atoms with E-state index in [1.165, 1.54) is 22.6 Å². The van der Waals surface area contributed by atoms with Gasteiger partial charge in [-0.05, 0) is 42.2 Å². The summed E-state index contributed by atoms with van der Waals surface area (Å²) >= 11 is 2.06. The Balaban J connectivity index is 2.46. The molecular formula is C17H29NS. The predicted molar refractivity (Wildman–Crippen MR) is 89.2 cm³/mol. The lowest BCUT2D eigenvalue weighted by atomic mass is 9.99. The van der Waals surface area contributed by atoms with Gasteiger partial charge in [0, 0.05) is 11.8 Å². The van der Waals surface area contributed by atoms with Crippen molar-refractivity contribution >= 4 is 11.8 Å². The normalized spacial score (nSPS) is 13.2.